The van der Waals surface area contributed by atoms with Gasteiger partial charge in [0.1, 0.15) is 6.54 Å². The third-order valence-electron chi connectivity index (χ3n) is 3.72. The van der Waals surface area contributed by atoms with Gasteiger partial charge in [0.05, 0.1) is 0 Å². The fourth-order valence-electron chi connectivity index (χ4n) is 2.47. The first-order valence-electron chi connectivity index (χ1n) is 7.41. The Hall–Kier alpha value is -2.14. The summed E-state index contributed by atoms with van der Waals surface area (Å²) in [5, 5.41) is 9.03. The zero-order valence-electron chi connectivity index (χ0n) is 12.7. The normalized spacial score (nSPS) is 15.9. The van der Waals surface area contributed by atoms with Crippen molar-refractivity contribution < 1.29 is 19.4 Å². The fourth-order valence-corrected chi connectivity index (χ4v) is 2.47. The van der Waals surface area contributed by atoms with Gasteiger partial charge in [-0.25, -0.2) is 0 Å². The first-order valence-corrected chi connectivity index (χ1v) is 7.41. The summed E-state index contributed by atoms with van der Waals surface area (Å²) in [6, 6.07) is 7.72. The molecule has 0 radical (unpaired) electrons. The number of carbonyl (C=O) groups excluding carboxylic acids is 1. The predicted octanol–water partition coefficient (Wildman–Crippen LogP) is 2.10. The summed E-state index contributed by atoms with van der Waals surface area (Å²) in [7, 11) is 0. The highest BCUT2D eigenvalue weighted by atomic mass is 16.5. The summed E-state index contributed by atoms with van der Waals surface area (Å²) in [5.74, 6) is -1.27. The van der Waals surface area contributed by atoms with Crippen LogP contribution in [0.2, 0.25) is 0 Å². The number of benzene rings is 1. The number of rotatable bonds is 5. The van der Waals surface area contributed by atoms with Crippen LogP contribution in [-0.4, -0.2) is 47.7 Å². The number of hydrogen-bond donors (Lipinski definition) is 1. The molecule has 0 atom stereocenters. The molecule has 0 saturated carbocycles. The highest BCUT2D eigenvalue weighted by Crippen LogP contribution is 2.15. The second-order valence-electron chi connectivity index (χ2n) is 5.45. The van der Waals surface area contributed by atoms with Crippen molar-refractivity contribution in [1.29, 1.82) is 0 Å². The third kappa shape index (κ3) is 4.70. The van der Waals surface area contributed by atoms with Crippen molar-refractivity contribution in [2.45, 2.75) is 25.8 Å². The molecule has 0 aromatic heterocycles. The van der Waals surface area contributed by atoms with E-state index in [1.807, 2.05) is 31.2 Å². The van der Waals surface area contributed by atoms with Crippen molar-refractivity contribution in [1.82, 2.24) is 4.90 Å². The average Bonchev–Trinajstić information content (AvgIpc) is 2.52. The van der Waals surface area contributed by atoms with Crippen molar-refractivity contribution >= 4 is 18.0 Å². The Morgan fingerprint density at radius 2 is 1.91 bits per heavy atom. The topological polar surface area (TPSA) is 66.8 Å². The lowest BCUT2D eigenvalue weighted by Crippen LogP contribution is -2.45. The molecule has 1 aromatic carbocycles. The van der Waals surface area contributed by atoms with E-state index in [1.165, 1.54) is 11.0 Å². The van der Waals surface area contributed by atoms with E-state index in [9.17, 15) is 9.59 Å². The van der Waals surface area contributed by atoms with E-state index in [1.54, 1.807) is 6.08 Å². The molecule has 118 valence electrons. The Morgan fingerprint density at radius 1 is 1.27 bits per heavy atom. The van der Waals surface area contributed by atoms with Crippen molar-refractivity contribution in [3.05, 3.63) is 41.5 Å². The van der Waals surface area contributed by atoms with Crippen molar-refractivity contribution in [2.75, 3.05) is 19.8 Å². The van der Waals surface area contributed by atoms with E-state index >= 15 is 0 Å². The monoisotopic (exact) mass is 303 g/mol. The van der Waals surface area contributed by atoms with Gasteiger partial charge in [-0.2, -0.15) is 0 Å². The van der Waals surface area contributed by atoms with E-state index in [0.717, 1.165) is 11.1 Å². The van der Waals surface area contributed by atoms with Gasteiger partial charge in [0, 0.05) is 25.3 Å². The number of carboxylic acids is 1. The van der Waals surface area contributed by atoms with Gasteiger partial charge < -0.3 is 14.7 Å². The number of carbonyl (C=O) groups is 2. The van der Waals surface area contributed by atoms with Crippen LogP contribution >= 0.6 is 0 Å². The molecular formula is C17H21NO4. The lowest BCUT2D eigenvalue weighted by Gasteiger charge is -2.32. The van der Waals surface area contributed by atoms with Gasteiger partial charge in [0.15, 0.2) is 0 Å². The van der Waals surface area contributed by atoms with Gasteiger partial charge in [0.2, 0.25) is 5.91 Å². The van der Waals surface area contributed by atoms with Crippen LogP contribution in [0.3, 0.4) is 0 Å². The number of carboxylic acid groups (broad SMARTS) is 1. The zero-order valence-corrected chi connectivity index (χ0v) is 12.7. The quantitative estimate of drug-likeness (QED) is 0.846. The Labute approximate surface area is 130 Å². The smallest absolute Gasteiger partial charge is 0.323 e. The SMILES string of the molecule is Cc1ccc(/C=C/C(=O)N(CC(=O)O)C2CCOCC2)cc1. The average molecular weight is 303 g/mol. The molecule has 1 amide bonds. The summed E-state index contributed by atoms with van der Waals surface area (Å²) < 4.78 is 5.27. The molecule has 1 heterocycles. The minimum Gasteiger partial charge on any atom is -0.480 e. The molecule has 0 spiro atoms. The van der Waals surface area contributed by atoms with Crippen molar-refractivity contribution in [3.63, 3.8) is 0 Å². The van der Waals surface area contributed by atoms with Crippen LogP contribution in [-0.2, 0) is 14.3 Å². The second-order valence-corrected chi connectivity index (χ2v) is 5.45. The number of aliphatic carboxylic acids is 1. The molecule has 1 aliphatic rings. The van der Waals surface area contributed by atoms with Gasteiger partial charge in [-0.15, -0.1) is 0 Å². The maximum atomic E-state index is 12.4. The molecule has 22 heavy (non-hydrogen) atoms. The van der Waals surface area contributed by atoms with Crippen LogP contribution in [0.4, 0.5) is 0 Å². The van der Waals surface area contributed by atoms with Gasteiger partial charge in [-0.05, 0) is 31.4 Å². The van der Waals surface area contributed by atoms with Crippen LogP contribution in [0.5, 0.6) is 0 Å². The Morgan fingerprint density at radius 3 is 2.50 bits per heavy atom. The molecule has 1 aromatic rings. The number of nitrogens with zero attached hydrogens (tertiary/aromatic N) is 1. The molecule has 1 saturated heterocycles. The standard InChI is InChI=1S/C17H21NO4/c1-13-2-4-14(5-3-13)6-7-16(19)18(12-17(20)21)15-8-10-22-11-9-15/h2-7,15H,8-12H2,1H3,(H,20,21)/b7-6+. The highest BCUT2D eigenvalue weighted by molar-refractivity contribution is 5.93. The summed E-state index contributed by atoms with van der Waals surface area (Å²) in [6.07, 6.45) is 4.52. The summed E-state index contributed by atoms with van der Waals surface area (Å²) >= 11 is 0. The largest absolute Gasteiger partial charge is 0.480 e. The first-order chi connectivity index (χ1) is 10.6. The summed E-state index contributed by atoms with van der Waals surface area (Å²) in [5.41, 5.74) is 2.07. The maximum absolute atomic E-state index is 12.4. The number of hydrogen-bond acceptors (Lipinski definition) is 3. The van der Waals surface area contributed by atoms with Crippen molar-refractivity contribution in [3.8, 4) is 0 Å². The van der Waals surface area contributed by atoms with E-state index in [4.69, 9.17) is 9.84 Å². The van der Waals surface area contributed by atoms with Gasteiger partial charge in [-0.3, -0.25) is 9.59 Å². The minimum absolute atomic E-state index is 0.0694. The third-order valence-corrected chi connectivity index (χ3v) is 3.72. The molecule has 2 rings (SSSR count). The first kappa shape index (κ1) is 16.2. The fraction of sp³-hybridized carbons (Fsp3) is 0.412. The number of ether oxygens (including phenoxy) is 1. The van der Waals surface area contributed by atoms with E-state index in [0.29, 0.717) is 26.1 Å². The summed E-state index contributed by atoms with van der Waals surface area (Å²) in [6.45, 7) is 2.85. The molecule has 1 fully saturated rings. The Balaban J connectivity index is 2.07. The van der Waals surface area contributed by atoms with Crippen LogP contribution in [0.25, 0.3) is 6.08 Å². The molecular weight excluding hydrogens is 282 g/mol. The molecule has 1 aliphatic heterocycles. The number of aryl methyl sites for hydroxylation is 1. The highest BCUT2D eigenvalue weighted by Gasteiger charge is 2.26. The van der Waals surface area contributed by atoms with Crippen molar-refractivity contribution in [2.24, 2.45) is 0 Å². The molecule has 5 nitrogen and oxygen atoms in total. The van der Waals surface area contributed by atoms with E-state index < -0.39 is 5.97 Å². The van der Waals surface area contributed by atoms with Crippen LogP contribution < -0.4 is 0 Å². The molecule has 0 bridgehead atoms. The molecule has 0 aliphatic carbocycles. The molecule has 0 unspecified atom stereocenters. The lowest BCUT2D eigenvalue weighted by molar-refractivity contribution is -0.145. The minimum atomic E-state index is -0.997. The molecule has 1 N–H and O–H groups in total. The van der Waals surface area contributed by atoms with Crippen LogP contribution in [0.15, 0.2) is 30.3 Å². The lowest BCUT2D eigenvalue weighted by atomic mass is 10.1. The van der Waals surface area contributed by atoms with E-state index in [-0.39, 0.29) is 18.5 Å². The second kappa shape index (κ2) is 7.75. The number of amides is 1. The zero-order chi connectivity index (χ0) is 15.9. The van der Waals surface area contributed by atoms with Crippen LogP contribution in [0.1, 0.15) is 24.0 Å². The predicted molar refractivity (Wildman–Crippen MR) is 83.4 cm³/mol. The van der Waals surface area contributed by atoms with Gasteiger partial charge in [-0.1, -0.05) is 29.8 Å². The van der Waals surface area contributed by atoms with Gasteiger partial charge >= 0.3 is 5.97 Å². The Kier molecular flexibility index (Phi) is 5.72. The van der Waals surface area contributed by atoms with Gasteiger partial charge in [0.25, 0.3) is 0 Å². The van der Waals surface area contributed by atoms with Crippen LogP contribution in [0, 0.1) is 6.92 Å². The summed E-state index contributed by atoms with van der Waals surface area (Å²) in [4.78, 5) is 24.8. The Bertz CT molecular complexity index is 544. The van der Waals surface area contributed by atoms with E-state index in [2.05, 4.69) is 0 Å². The molecule has 5 heteroatoms. The maximum Gasteiger partial charge on any atom is 0.323 e.